The zero-order valence-electron chi connectivity index (χ0n) is 28.1. The number of nitrogens with zero attached hydrogens (tertiary/aromatic N) is 4. The van der Waals surface area contributed by atoms with E-state index in [-0.39, 0.29) is 0 Å². The van der Waals surface area contributed by atoms with E-state index in [4.69, 9.17) is 9.97 Å². The van der Waals surface area contributed by atoms with Crippen molar-refractivity contribution in [2.24, 2.45) is 4.99 Å². The Morgan fingerprint density at radius 1 is 0.577 bits per heavy atom. The van der Waals surface area contributed by atoms with Crippen molar-refractivity contribution in [1.29, 1.82) is 0 Å². The molecule has 0 fully saturated rings. The first-order valence-electron chi connectivity index (χ1n) is 17.2. The fraction of sp³-hybridized carbons (Fsp3) is 0. The van der Waals surface area contributed by atoms with Crippen molar-refractivity contribution < 1.29 is 0 Å². The number of thiophene rings is 1. The largest absolute Gasteiger partial charge is 0.309 e. The Labute approximate surface area is 304 Å². The summed E-state index contributed by atoms with van der Waals surface area (Å²) in [6.45, 7) is 7.96. The number of hydrogen-bond donors (Lipinski definition) is 0. The van der Waals surface area contributed by atoms with Gasteiger partial charge in [-0.3, -0.25) is 0 Å². The zero-order chi connectivity index (χ0) is 34.8. The molecule has 0 N–H and O–H groups in total. The van der Waals surface area contributed by atoms with Crippen molar-refractivity contribution in [1.82, 2.24) is 14.5 Å². The fourth-order valence-corrected chi connectivity index (χ4v) is 9.02. The van der Waals surface area contributed by atoms with Crippen molar-refractivity contribution >= 4 is 82.7 Å². The van der Waals surface area contributed by atoms with Crippen molar-refractivity contribution in [3.8, 4) is 39.5 Å². The van der Waals surface area contributed by atoms with Gasteiger partial charge in [0.05, 0.1) is 16.7 Å². The maximum atomic E-state index is 5.18. The number of para-hydroxylation sites is 1. The highest BCUT2D eigenvalue weighted by Gasteiger charge is 2.22. The number of benzene rings is 7. The molecule has 10 rings (SSSR count). The first kappa shape index (κ1) is 30.2. The molecule has 0 aliphatic rings. The number of hydrogen-bond acceptors (Lipinski definition) is 4. The van der Waals surface area contributed by atoms with Gasteiger partial charge >= 0.3 is 0 Å². The van der Waals surface area contributed by atoms with Crippen LogP contribution in [0.4, 0.5) is 5.82 Å². The smallest absolute Gasteiger partial charge is 0.163 e. The van der Waals surface area contributed by atoms with E-state index in [2.05, 4.69) is 168 Å². The summed E-state index contributed by atoms with van der Waals surface area (Å²) in [5.41, 5.74) is 9.05. The molecule has 0 radical (unpaired) electrons. The summed E-state index contributed by atoms with van der Waals surface area (Å²) in [6, 6.07) is 53.7. The average molecular weight is 683 g/mol. The lowest BCUT2D eigenvalue weighted by Crippen LogP contribution is -1.99. The SMILES string of the molecule is C=Cc1c(N=C)nc(-c2cccc(-n3c4ccccc4c4c5sc6ccccc6c5c5ccccc5c43)c2)nc1-c1ccc(-c2ccccc2)cc1. The van der Waals surface area contributed by atoms with Crippen LogP contribution >= 0.6 is 11.3 Å². The quantitative estimate of drug-likeness (QED) is 0.164. The van der Waals surface area contributed by atoms with Gasteiger partial charge < -0.3 is 4.57 Å². The van der Waals surface area contributed by atoms with E-state index < -0.39 is 0 Å². The van der Waals surface area contributed by atoms with Gasteiger partial charge in [-0.05, 0) is 47.5 Å². The Morgan fingerprint density at radius 3 is 2.02 bits per heavy atom. The number of aromatic nitrogens is 3. The number of fused-ring (bicyclic) bond motifs is 10. The van der Waals surface area contributed by atoms with Crippen molar-refractivity contribution in [3.05, 3.63) is 164 Å². The molecule has 52 heavy (non-hydrogen) atoms. The normalized spacial score (nSPS) is 11.6. The van der Waals surface area contributed by atoms with E-state index in [0.717, 1.165) is 44.7 Å². The Bertz CT molecular complexity index is 3040. The fourth-order valence-electron chi connectivity index (χ4n) is 7.74. The van der Waals surface area contributed by atoms with Gasteiger partial charge in [-0.25, -0.2) is 15.0 Å². The molecule has 0 aliphatic carbocycles. The molecule has 4 nitrogen and oxygen atoms in total. The Balaban J connectivity index is 1.20. The lowest BCUT2D eigenvalue weighted by Gasteiger charge is -2.14. The highest BCUT2D eigenvalue weighted by molar-refractivity contribution is 7.27. The van der Waals surface area contributed by atoms with Crippen LogP contribution in [0.25, 0.3) is 98.3 Å². The van der Waals surface area contributed by atoms with Crippen LogP contribution in [0.1, 0.15) is 5.56 Å². The summed E-state index contributed by atoms with van der Waals surface area (Å²) in [5.74, 6) is 1.08. The first-order chi connectivity index (χ1) is 25.7. The van der Waals surface area contributed by atoms with Gasteiger partial charge in [-0.2, -0.15) is 0 Å². The van der Waals surface area contributed by atoms with Crippen LogP contribution in [0, 0.1) is 0 Å². The van der Waals surface area contributed by atoms with Gasteiger partial charge in [0.2, 0.25) is 0 Å². The summed E-state index contributed by atoms with van der Waals surface area (Å²) in [6.07, 6.45) is 1.77. The van der Waals surface area contributed by atoms with Gasteiger partial charge in [0.15, 0.2) is 11.6 Å². The Morgan fingerprint density at radius 2 is 1.23 bits per heavy atom. The summed E-state index contributed by atoms with van der Waals surface area (Å²) in [5, 5.41) is 7.62. The van der Waals surface area contributed by atoms with Crippen molar-refractivity contribution in [3.63, 3.8) is 0 Å². The second-order valence-corrected chi connectivity index (χ2v) is 14.0. The van der Waals surface area contributed by atoms with Crippen LogP contribution in [0.2, 0.25) is 0 Å². The van der Waals surface area contributed by atoms with E-state index in [9.17, 15) is 0 Å². The molecule has 10 aromatic rings. The summed E-state index contributed by atoms with van der Waals surface area (Å²) in [4.78, 5) is 14.4. The molecule has 0 saturated heterocycles. The van der Waals surface area contributed by atoms with Crippen molar-refractivity contribution in [2.45, 2.75) is 0 Å². The molecule has 0 saturated carbocycles. The molecule has 3 aromatic heterocycles. The monoisotopic (exact) mass is 682 g/mol. The molecule has 0 unspecified atom stereocenters. The van der Waals surface area contributed by atoms with E-state index in [1.165, 1.54) is 47.2 Å². The van der Waals surface area contributed by atoms with Crippen LogP contribution < -0.4 is 0 Å². The van der Waals surface area contributed by atoms with Crippen LogP contribution in [0.5, 0.6) is 0 Å². The second-order valence-electron chi connectivity index (χ2n) is 12.9. The molecular formula is C47H30N4S. The van der Waals surface area contributed by atoms with Gasteiger partial charge in [0.25, 0.3) is 0 Å². The molecule has 3 heterocycles. The van der Waals surface area contributed by atoms with Crippen LogP contribution in [-0.4, -0.2) is 21.3 Å². The van der Waals surface area contributed by atoms with Crippen LogP contribution in [0.15, 0.2) is 163 Å². The number of rotatable bonds is 6. The third-order valence-electron chi connectivity index (χ3n) is 10.1. The summed E-state index contributed by atoms with van der Waals surface area (Å²) < 4.78 is 5.02. The highest BCUT2D eigenvalue weighted by atomic mass is 32.1. The third-order valence-corrected chi connectivity index (χ3v) is 11.2. The molecule has 0 aliphatic heterocycles. The van der Waals surface area contributed by atoms with E-state index in [0.29, 0.717) is 11.6 Å². The van der Waals surface area contributed by atoms with E-state index in [1.54, 1.807) is 6.08 Å². The lowest BCUT2D eigenvalue weighted by atomic mass is 9.99. The molecule has 0 amide bonds. The predicted molar refractivity (Wildman–Crippen MR) is 222 cm³/mol. The molecule has 0 bridgehead atoms. The summed E-state index contributed by atoms with van der Waals surface area (Å²) >= 11 is 1.88. The molecule has 0 spiro atoms. The van der Waals surface area contributed by atoms with Gasteiger partial charge in [0.1, 0.15) is 0 Å². The molecule has 7 aromatic carbocycles. The highest BCUT2D eigenvalue weighted by Crippen LogP contribution is 2.48. The lowest BCUT2D eigenvalue weighted by molar-refractivity contribution is 1.14. The minimum absolute atomic E-state index is 0.502. The van der Waals surface area contributed by atoms with Gasteiger partial charge in [-0.1, -0.05) is 140 Å². The third kappa shape index (κ3) is 4.57. The zero-order valence-corrected chi connectivity index (χ0v) is 28.9. The van der Waals surface area contributed by atoms with Gasteiger partial charge in [-0.15, -0.1) is 11.3 Å². The minimum atomic E-state index is 0.502. The molecular weight excluding hydrogens is 653 g/mol. The first-order valence-corrected chi connectivity index (χ1v) is 18.1. The van der Waals surface area contributed by atoms with E-state index in [1.807, 2.05) is 17.4 Å². The summed E-state index contributed by atoms with van der Waals surface area (Å²) in [7, 11) is 0. The Kier molecular flexibility index (Phi) is 6.95. The van der Waals surface area contributed by atoms with Gasteiger partial charge in [0, 0.05) is 58.7 Å². The molecule has 5 heteroatoms. The minimum Gasteiger partial charge on any atom is -0.309 e. The van der Waals surface area contributed by atoms with Crippen LogP contribution in [-0.2, 0) is 0 Å². The Hall–Kier alpha value is -6.69. The predicted octanol–water partition coefficient (Wildman–Crippen LogP) is 13.1. The maximum absolute atomic E-state index is 5.18. The van der Waals surface area contributed by atoms with Crippen molar-refractivity contribution in [2.75, 3.05) is 0 Å². The van der Waals surface area contributed by atoms with E-state index >= 15 is 0 Å². The average Bonchev–Trinajstić information content (AvgIpc) is 3.78. The standard InChI is InChI=1S/C47H30N4S/c1-3-34-43(31-26-24-30(25-27-31)29-14-5-4-6-15-29)49-46(50-47(34)48-2)32-16-13-17-33(28-32)51-39-22-11-9-20-37(39)42-44(51)36-19-8-7-18-35(36)41-38-21-10-12-23-40(38)52-45(41)42/h3-28H,1-2H2. The number of aliphatic imine (C=N–C) groups is 1. The molecule has 244 valence electrons. The van der Waals surface area contributed by atoms with Crippen LogP contribution in [0.3, 0.4) is 0 Å². The second kappa shape index (κ2) is 12.0. The topological polar surface area (TPSA) is 43.1 Å². The molecule has 0 atom stereocenters. The maximum Gasteiger partial charge on any atom is 0.163 e.